The number of imidazole rings is 1. The van der Waals surface area contributed by atoms with Gasteiger partial charge in [0, 0.05) is 12.6 Å². The molecule has 0 atom stereocenters. The van der Waals surface area contributed by atoms with Crippen molar-refractivity contribution in [2.45, 2.75) is 49.2 Å². The van der Waals surface area contributed by atoms with Crippen molar-refractivity contribution in [3.8, 4) is 0 Å². The molecule has 2 saturated carbocycles. The van der Waals surface area contributed by atoms with E-state index in [1.807, 2.05) is 23.1 Å². The Bertz CT molecular complexity index is 755. The summed E-state index contributed by atoms with van der Waals surface area (Å²) in [5, 5.41) is 0.210. The lowest BCUT2D eigenvalue weighted by Gasteiger charge is -2.23. The van der Waals surface area contributed by atoms with E-state index in [4.69, 9.17) is 0 Å². The van der Waals surface area contributed by atoms with Gasteiger partial charge in [-0.15, -0.1) is 0 Å². The predicted molar refractivity (Wildman–Crippen MR) is 89.1 cm³/mol. The van der Waals surface area contributed by atoms with Crippen LogP contribution >= 0.6 is 11.8 Å². The number of amides is 1. The lowest BCUT2D eigenvalue weighted by atomic mass is 10.3. The molecule has 1 aromatic carbocycles. The molecule has 1 heterocycles. The second-order valence-corrected chi connectivity index (χ2v) is 7.53. The van der Waals surface area contributed by atoms with Gasteiger partial charge in [0.1, 0.15) is 6.54 Å². The number of benzene rings is 1. The first-order valence-corrected chi connectivity index (χ1v) is 9.19. The normalized spacial score (nSPS) is 17.6. The molecule has 2 fully saturated rings. The Morgan fingerprint density at radius 1 is 1.29 bits per heavy atom. The molecule has 0 aliphatic heterocycles. The first kappa shape index (κ1) is 15.9. The van der Waals surface area contributed by atoms with Gasteiger partial charge in [-0.2, -0.15) is 8.78 Å². The topological polar surface area (TPSA) is 38.1 Å². The molecule has 0 saturated heterocycles. The van der Waals surface area contributed by atoms with Crippen molar-refractivity contribution in [2.24, 2.45) is 5.92 Å². The molecule has 128 valence electrons. The highest BCUT2D eigenvalue weighted by molar-refractivity contribution is 7.99. The Balaban J connectivity index is 1.60. The second kappa shape index (κ2) is 6.35. The van der Waals surface area contributed by atoms with Gasteiger partial charge in [0.2, 0.25) is 5.91 Å². The molecule has 2 aliphatic rings. The maximum absolute atomic E-state index is 12.9. The fraction of sp³-hybridized carbons (Fsp3) is 0.529. The van der Waals surface area contributed by atoms with E-state index in [1.54, 1.807) is 10.6 Å². The van der Waals surface area contributed by atoms with Crippen molar-refractivity contribution in [3.05, 3.63) is 24.3 Å². The number of hydrogen-bond acceptors (Lipinski definition) is 3. The summed E-state index contributed by atoms with van der Waals surface area (Å²) in [6.07, 6.45) is 4.50. The number of fused-ring (bicyclic) bond motifs is 1. The fourth-order valence-corrected chi connectivity index (χ4v) is 3.62. The Morgan fingerprint density at radius 2 is 2.04 bits per heavy atom. The van der Waals surface area contributed by atoms with Crippen LogP contribution in [0.1, 0.15) is 25.7 Å². The second-order valence-electron chi connectivity index (χ2n) is 6.57. The average Bonchev–Trinajstić information content (AvgIpc) is 3.43. The van der Waals surface area contributed by atoms with E-state index in [-0.39, 0.29) is 17.6 Å². The maximum Gasteiger partial charge on any atom is 0.291 e. The van der Waals surface area contributed by atoms with Crippen molar-refractivity contribution >= 4 is 28.7 Å². The van der Waals surface area contributed by atoms with E-state index in [0.717, 1.165) is 24.9 Å². The maximum atomic E-state index is 12.9. The quantitative estimate of drug-likeness (QED) is 0.713. The summed E-state index contributed by atoms with van der Waals surface area (Å²) in [7, 11) is 0. The van der Waals surface area contributed by atoms with Crippen LogP contribution in [0.4, 0.5) is 8.78 Å². The Hall–Kier alpha value is -1.63. The highest BCUT2D eigenvalue weighted by Crippen LogP contribution is 2.35. The molecule has 24 heavy (non-hydrogen) atoms. The zero-order valence-electron chi connectivity index (χ0n) is 13.2. The Morgan fingerprint density at radius 3 is 2.71 bits per heavy atom. The van der Waals surface area contributed by atoms with E-state index >= 15 is 0 Å². The van der Waals surface area contributed by atoms with Crippen molar-refractivity contribution in [1.82, 2.24) is 14.5 Å². The van der Waals surface area contributed by atoms with Gasteiger partial charge in [0.15, 0.2) is 5.16 Å². The van der Waals surface area contributed by atoms with E-state index in [9.17, 15) is 13.6 Å². The zero-order chi connectivity index (χ0) is 16.7. The van der Waals surface area contributed by atoms with Crippen molar-refractivity contribution in [2.75, 3.05) is 6.54 Å². The fourth-order valence-electron chi connectivity index (χ4n) is 3.02. The van der Waals surface area contributed by atoms with Crippen molar-refractivity contribution in [1.29, 1.82) is 0 Å². The van der Waals surface area contributed by atoms with E-state index in [0.29, 0.717) is 29.2 Å². The summed E-state index contributed by atoms with van der Waals surface area (Å²) >= 11 is 0.403. The molecule has 1 aromatic heterocycles. The minimum Gasteiger partial charge on any atom is -0.338 e. The molecule has 4 nitrogen and oxygen atoms in total. The van der Waals surface area contributed by atoms with Crippen molar-refractivity contribution in [3.63, 3.8) is 0 Å². The number of carbonyl (C=O) groups excluding carboxylic acids is 1. The van der Waals surface area contributed by atoms with Crippen LogP contribution in [0.3, 0.4) is 0 Å². The minimum atomic E-state index is -2.55. The van der Waals surface area contributed by atoms with Gasteiger partial charge in [0.05, 0.1) is 11.0 Å². The number of halogens is 2. The molecule has 0 unspecified atom stereocenters. The molecule has 1 amide bonds. The summed E-state index contributed by atoms with van der Waals surface area (Å²) in [6, 6.07) is 7.62. The summed E-state index contributed by atoms with van der Waals surface area (Å²) in [4.78, 5) is 19.1. The van der Waals surface area contributed by atoms with Gasteiger partial charge in [-0.25, -0.2) is 4.98 Å². The smallest absolute Gasteiger partial charge is 0.291 e. The van der Waals surface area contributed by atoms with Crippen LogP contribution in [0, 0.1) is 5.92 Å². The lowest BCUT2D eigenvalue weighted by molar-refractivity contribution is -0.132. The summed E-state index contributed by atoms with van der Waals surface area (Å²) in [5.74, 6) is -1.91. The molecule has 0 spiro atoms. The molecule has 2 aromatic rings. The number of carbonyl (C=O) groups is 1. The summed E-state index contributed by atoms with van der Waals surface area (Å²) < 4.78 is 27.4. The van der Waals surface area contributed by atoms with Crippen LogP contribution in [-0.4, -0.2) is 38.7 Å². The van der Waals surface area contributed by atoms with Gasteiger partial charge in [0.25, 0.3) is 5.76 Å². The standard InChI is InChI=1S/C17H19F2N3OS/c18-16(19)24-17-20-13-3-1-2-4-14(13)22(17)10-15(23)21(12-7-8-12)9-11-5-6-11/h1-4,11-12,16H,5-10H2. The number of hydrogen-bond donors (Lipinski definition) is 0. The van der Waals surface area contributed by atoms with Crippen LogP contribution in [0.5, 0.6) is 0 Å². The van der Waals surface area contributed by atoms with Crippen LogP contribution in [0.2, 0.25) is 0 Å². The van der Waals surface area contributed by atoms with Crippen LogP contribution in [0.25, 0.3) is 11.0 Å². The lowest BCUT2D eigenvalue weighted by Crippen LogP contribution is -2.37. The van der Waals surface area contributed by atoms with Crippen LogP contribution in [-0.2, 0) is 11.3 Å². The molecule has 0 radical (unpaired) electrons. The highest BCUT2D eigenvalue weighted by atomic mass is 32.2. The third kappa shape index (κ3) is 3.41. The Labute approximate surface area is 143 Å². The van der Waals surface area contributed by atoms with E-state index < -0.39 is 5.76 Å². The number of rotatable bonds is 7. The van der Waals surface area contributed by atoms with Gasteiger partial charge in [-0.05, 0) is 55.5 Å². The summed E-state index contributed by atoms with van der Waals surface area (Å²) in [5.41, 5.74) is 1.38. The number of thioether (sulfide) groups is 1. The van der Waals surface area contributed by atoms with Crippen LogP contribution < -0.4 is 0 Å². The van der Waals surface area contributed by atoms with E-state index in [1.165, 1.54) is 12.8 Å². The van der Waals surface area contributed by atoms with Crippen molar-refractivity contribution < 1.29 is 13.6 Å². The zero-order valence-corrected chi connectivity index (χ0v) is 14.0. The van der Waals surface area contributed by atoms with Gasteiger partial charge in [-0.3, -0.25) is 4.79 Å². The molecule has 0 bridgehead atoms. The monoisotopic (exact) mass is 351 g/mol. The predicted octanol–water partition coefficient (Wildman–Crippen LogP) is 3.75. The highest BCUT2D eigenvalue weighted by Gasteiger charge is 2.36. The molecule has 4 rings (SSSR count). The SMILES string of the molecule is O=C(Cn1c(SC(F)F)nc2ccccc21)N(CC1CC1)C1CC1. The first-order chi connectivity index (χ1) is 11.6. The number of aromatic nitrogens is 2. The average molecular weight is 351 g/mol. The molecular formula is C17H19F2N3OS. The molecular weight excluding hydrogens is 332 g/mol. The van der Waals surface area contributed by atoms with Gasteiger partial charge < -0.3 is 9.47 Å². The van der Waals surface area contributed by atoms with Crippen LogP contribution in [0.15, 0.2) is 29.4 Å². The molecule has 7 heteroatoms. The van der Waals surface area contributed by atoms with Gasteiger partial charge in [-0.1, -0.05) is 12.1 Å². The molecule has 2 aliphatic carbocycles. The largest absolute Gasteiger partial charge is 0.338 e. The summed E-state index contributed by atoms with van der Waals surface area (Å²) in [6.45, 7) is 0.895. The number of para-hydroxylation sites is 2. The number of alkyl halides is 2. The Kier molecular flexibility index (Phi) is 4.20. The minimum absolute atomic E-state index is 0.0173. The van der Waals surface area contributed by atoms with E-state index in [2.05, 4.69) is 4.98 Å². The number of nitrogens with zero attached hydrogens (tertiary/aromatic N) is 3. The first-order valence-electron chi connectivity index (χ1n) is 8.31. The molecule has 0 N–H and O–H groups in total. The van der Waals surface area contributed by atoms with Gasteiger partial charge >= 0.3 is 0 Å². The third-order valence-electron chi connectivity index (χ3n) is 4.57. The third-order valence-corrected chi connectivity index (χ3v) is 5.27.